The van der Waals surface area contributed by atoms with Gasteiger partial charge >= 0.3 is 0 Å². The monoisotopic (exact) mass is 201 g/mol. The summed E-state index contributed by atoms with van der Waals surface area (Å²) >= 11 is 5.81. The van der Waals surface area contributed by atoms with Crippen molar-refractivity contribution in [2.24, 2.45) is 5.73 Å². The molecule has 1 unspecified atom stereocenters. The number of halogens is 1. The van der Waals surface area contributed by atoms with Crippen molar-refractivity contribution in [3.8, 4) is 5.75 Å². The topological polar surface area (TPSA) is 66.5 Å². The van der Waals surface area contributed by atoms with Crippen LogP contribution in [0.2, 0.25) is 5.02 Å². The summed E-state index contributed by atoms with van der Waals surface area (Å²) in [7, 11) is 0. The number of hydrogen-bond donors (Lipinski definition) is 3. The molecule has 0 fully saturated rings. The third kappa shape index (κ3) is 2.59. The Bertz CT molecular complexity index is 291. The molecule has 0 spiro atoms. The van der Waals surface area contributed by atoms with Gasteiger partial charge in [-0.1, -0.05) is 23.7 Å². The van der Waals surface area contributed by atoms with E-state index in [1.807, 2.05) is 0 Å². The van der Waals surface area contributed by atoms with Crippen molar-refractivity contribution in [3.05, 3.63) is 28.8 Å². The highest BCUT2D eigenvalue weighted by Crippen LogP contribution is 2.27. The predicted octanol–water partition coefficient (Wildman–Crippen LogP) is 0.908. The van der Waals surface area contributed by atoms with Crippen molar-refractivity contribution in [2.45, 2.75) is 12.5 Å². The molecule has 0 saturated heterocycles. The van der Waals surface area contributed by atoms with Gasteiger partial charge in [-0.3, -0.25) is 0 Å². The smallest absolute Gasteiger partial charge is 0.134 e. The van der Waals surface area contributed by atoms with Gasteiger partial charge < -0.3 is 15.9 Å². The second-order valence-electron chi connectivity index (χ2n) is 2.90. The lowest BCUT2D eigenvalue weighted by atomic mass is 10.1. The SMILES string of the molecule is NC(CO)Cc1cccc(O)c1Cl. The van der Waals surface area contributed by atoms with E-state index in [0.29, 0.717) is 11.4 Å². The summed E-state index contributed by atoms with van der Waals surface area (Å²) < 4.78 is 0. The number of aliphatic hydroxyl groups is 1. The predicted molar refractivity (Wildman–Crippen MR) is 51.9 cm³/mol. The first-order valence-corrected chi connectivity index (χ1v) is 4.35. The molecule has 72 valence electrons. The molecule has 4 heteroatoms. The molecule has 1 aromatic carbocycles. The minimum Gasteiger partial charge on any atom is -0.506 e. The number of phenols is 1. The van der Waals surface area contributed by atoms with Crippen molar-refractivity contribution < 1.29 is 10.2 Å². The summed E-state index contributed by atoms with van der Waals surface area (Å²) in [5.41, 5.74) is 6.29. The summed E-state index contributed by atoms with van der Waals surface area (Å²) in [5, 5.41) is 18.3. The Morgan fingerprint density at radius 3 is 2.77 bits per heavy atom. The number of nitrogens with two attached hydrogens (primary N) is 1. The van der Waals surface area contributed by atoms with Crippen LogP contribution in [0.5, 0.6) is 5.75 Å². The van der Waals surface area contributed by atoms with E-state index in [4.69, 9.17) is 22.4 Å². The molecule has 4 N–H and O–H groups in total. The molecule has 0 heterocycles. The molecule has 0 radical (unpaired) electrons. The van der Waals surface area contributed by atoms with Crippen LogP contribution in [0.1, 0.15) is 5.56 Å². The van der Waals surface area contributed by atoms with Gasteiger partial charge in [0.05, 0.1) is 11.6 Å². The number of aromatic hydroxyl groups is 1. The maximum Gasteiger partial charge on any atom is 0.134 e. The van der Waals surface area contributed by atoms with Crippen LogP contribution in [0, 0.1) is 0 Å². The Morgan fingerprint density at radius 2 is 2.15 bits per heavy atom. The molecule has 0 amide bonds. The second-order valence-corrected chi connectivity index (χ2v) is 3.27. The van der Waals surface area contributed by atoms with Crippen LogP contribution in [0.4, 0.5) is 0 Å². The molecule has 0 aliphatic rings. The molecule has 13 heavy (non-hydrogen) atoms. The number of aliphatic hydroxyl groups excluding tert-OH is 1. The van der Waals surface area contributed by atoms with Crippen molar-refractivity contribution in [1.29, 1.82) is 0 Å². The standard InChI is InChI=1S/C9H12ClNO2/c10-9-6(4-7(11)5-12)2-1-3-8(9)13/h1-3,7,12-13H,4-5,11H2. The highest BCUT2D eigenvalue weighted by molar-refractivity contribution is 6.32. The zero-order valence-corrected chi connectivity index (χ0v) is 7.83. The summed E-state index contributed by atoms with van der Waals surface area (Å²) in [6.45, 7) is -0.0913. The van der Waals surface area contributed by atoms with Crippen LogP contribution < -0.4 is 5.73 Å². The third-order valence-corrected chi connectivity index (χ3v) is 2.21. The normalized spacial score (nSPS) is 12.8. The van der Waals surface area contributed by atoms with Gasteiger partial charge in [0.1, 0.15) is 5.75 Å². The largest absolute Gasteiger partial charge is 0.506 e. The Kier molecular flexibility index (Phi) is 3.54. The second kappa shape index (κ2) is 4.46. The summed E-state index contributed by atoms with van der Waals surface area (Å²) in [4.78, 5) is 0. The maximum atomic E-state index is 9.25. The minimum atomic E-state index is -0.334. The first-order chi connectivity index (χ1) is 6.15. The highest BCUT2D eigenvalue weighted by atomic mass is 35.5. The van der Waals surface area contributed by atoms with Gasteiger partial charge in [0, 0.05) is 6.04 Å². The average Bonchev–Trinajstić information content (AvgIpc) is 2.13. The van der Waals surface area contributed by atoms with E-state index in [1.54, 1.807) is 12.1 Å². The van der Waals surface area contributed by atoms with Crippen LogP contribution >= 0.6 is 11.6 Å². The first kappa shape index (κ1) is 10.3. The molecule has 1 rings (SSSR count). The number of hydrogen-bond acceptors (Lipinski definition) is 3. The van der Waals surface area contributed by atoms with Crippen molar-refractivity contribution in [2.75, 3.05) is 6.61 Å². The molecule has 1 aromatic rings. The fourth-order valence-corrected chi connectivity index (χ4v) is 1.27. The number of phenolic OH excluding ortho intramolecular Hbond substituents is 1. The van der Waals surface area contributed by atoms with Gasteiger partial charge in [-0.05, 0) is 18.1 Å². The molecular formula is C9H12ClNO2. The van der Waals surface area contributed by atoms with E-state index in [2.05, 4.69) is 0 Å². The maximum absolute atomic E-state index is 9.25. The summed E-state index contributed by atoms with van der Waals surface area (Å²) in [6, 6.07) is 4.65. The zero-order chi connectivity index (χ0) is 9.84. The van der Waals surface area contributed by atoms with Gasteiger partial charge in [-0.15, -0.1) is 0 Å². The van der Waals surface area contributed by atoms with Crippen molar-refractivity contribution >= 4 is 11.6 Å². The van der Waals surface area contributed by atoms with Crippen LogP contribution in [0.25, 0.3) is 0 Å². The molecule has 3 nitrogen and oxygen atoms in total. The van der Waals surface area contributed by atoms with Crippen LogP contribution in [0.3, 0.4) is 0 Å². The average molecular weight is 202 g/mol. The van der Waals surface area contributed by atoms with Crippen molar-refractivity contribution in [1.82, 2.24) is 0 Å². The molecule has 0 aliphatic carbocycles. The Labute approximate surface area is 81.8 Å². The van der Waals surface area contributed by atoms with Gasteiger partial charge in [-0.25, -0.2) is 0 Å². The lowest BCUT2D eigenvalue weighted by molar-refractivity contribution is 0.265. The third-order valence-electron chi connectivity index (χ3n) is 1.77. The lowest BCUT2D eigenvalue weighted by Crippen LogP contribution is -2.26. The quantitative estimate of drug-likeness (QED) is 0.681. The highest BCUT2D eigenvalue weighted by Gasteiger charge is 2.08. The Hall–Kier alpha value is -0.770. The fourth-order valence-electron chi connectivity index (χ4n) is 1.07. The number of rotatable bonds is 3. The van der Waals surface area contributed by atoms with Gasteiger partial charge in [0.2, 0.25) is 0 Å². The van der Waals surface area contributed by atoms with Crippen LogP contribution in [-0.2, 0) is 6.42 Å². The van der Waals surface area contributed by atoms with Crippen molar-refractivity contribution in [3.63, 3.8) is 0 Å². The van der Waals surface area contributed by atoms with E-state index in [1.165, 1.54) is 6.07 Å². The molecule has 0 saturated carbocycles. The minimum absolute atomic E-state index is 0.0457. The Balaban J connectivity index is 2.83. The molecule has 0 aliphatic heterocycles. The zero-order valence-electron chi connectivity index (χ0n) is 7.07. The summed E-state index contributed by atoms with van der Waals surface area (Å²) in [5.74, 6) is 0.0457. The fraction of sp³-hybridized carbons (Fsp3) is 0.333. The molecular weight excluding hydrogens is 190 g/mol. The number of benzene rings is 1. The lowest BCUT2D eigenvalue weighted by Gasteiger charge is -2.09. The van der Waals surface area contributed by atoms with E-state index in [9.17, 15) is 5.11 Å². The molecule has 1 atom stereocenters. The van der Waals surface area contributed by atoms with E-state index in [-0.39, 0.29) is 18.4 Å². The van der Waals surface area contributed by atoms with Gasteiger partial charge in [0.25, 0.3) is 0 Å². The van der Waals surface area contributed by atoms with E-state index < -0.39 is 0 Å². The summed E-state index contributed by atoms with van der Waals surface area (Å²) in [6.07, 6.45) is 0.462. The first-order valence-electron chi connectivity index (χ1n) is 3.98. The van der Waals surface area contributed by atoms with E-state index in [0.717, 1.165) is 5.56 Å². The molecule has 0 aromatic heterocycles. The Morgan fingerprint density at radius 1 is 1.46 bits per heavy atom. The van der Waals surface area contributed by atoms with Gasteiger partial charge in [-0.2, -0.15) is 0 Å². The van der Waals surface area contributed by atoms with Gasteiger partial charge in [0.15, 0.2) is 0 Å². The van der Waals surface area contributed by atoms with Crippen LogP contribution in [-0.4, -0.2) is 22.9 Å². The van der Waals surface area contributed by atoms with E-state index >= 15 is 0 Å². The van der Waals surface area contributed by atoms with Crippen LogP contribution in [0.15, 0.2) is 18.2 Å². The molecule has 0 bridgehead atoms.